The zero-order chi connectivity index (χ0) is 12.3. The Balaban J connectivity index is 1.95. The van der Waals surface area contributed by atoms with Gasteiger partial charge in [-0.05, 0) is 40.2 Å². The molecule has 4 nitrogen and oxygen atoms in total. The summed E-state index contributed by atoms with van der Waals surface area (Å²) in [6.07, 6.45) is 1.47. The van der Waals surface area contributed by atoms with Gasteiger partial charge in [-0.2, -0.15) is 0 Å². The minimum absolute atomic E-state index is 0.151. The lowest BCUT2D eigenvalue weighted by molar-refractivity contribution is 0.0951. The number of amides is 1. The molecule has 1 amide bonds. The quantitative estimate of drug-likeness (QED) is 0.914. The van der Waals surface area contributed by atoms with E-state index in [1.807, 2.05) is 12.1 Å². The van der Waals surface area contributed by atoms with E-state index < -0.39 is 0 Å². The Morgan fingerprint density at radius 3 is 2.82 bits per heavy atom. The van der Waals surface area contributed by atoms with Gasteiger partial charge in [0.25, 0.3) is 5.91 Å². The van der Waals surface area contributed by atoms with E-state index in [0.29, 0.717) is 17.9 Å². The smallest absolute Gasteiger partial charge is 0.253 e. The number of nitrogens with one attached hydrogen (secondary N) is 1. The number of aromatic nitrogens is 1. The molecular formula is C11H10BrN3OS. The number of hydrogen-bond donors (Lipinski definition) is 2. The van der Waals surface area contributed by atoms with Crippen LogP contribution < -0.4 is 11.1 Å². The van der Waals surface area contributed by atoms with Crippen molar-refractivity contribution in [2.75, 3.05) is 5.73 Å². The first-order valence-corrected chi connectivity index (χ1v) is 6.50. The molecule has 2 heterocycles. The maximum atomic E-state index is 11.7. The van der Waals surface area contributed by atoms with Crippen LogP contribution in [0.15, 0.2) is 34.2 Å². The van der Waals surface area contributed by atoms with E-state index >= 15 is 0 Å². The molecule has 0 bridgehead atoms. The Morgan fingerprint density at radius 2 is 2.24 bits per heavy atom. The summed E-state index contributed by atoms with van der Waals surface area (Å²) in [5, 5.41) is 2.82. The monoisotopic (exact) mass is 311 g/mol. The minimum Gasteiger partial charge on any atom is -0.384 e. The molecule has 0 aliphatic heterocycles. The number of pyridine rings is 1. The average Bonchev–Trinajstić information content (AvgIpc) is 2.73. The van der Waals surface area contributed by atoms with Gasteiger partial charge in [0, 0.05) is 11.1 Å². The summed E-state index contributed by atoms with van der Waals surface area (Å²) in [6.45, 7) is 0.513. The van der Waals surface area contributed by atoms with Crippen molar-refractivity contribution in [1.82, 2.24) is 10.3 Å². The van der Waals surface area contributed by atoms with Crippen LogP contribution in [0.4, 0.5) is 5.82 Å². The molecule has 0 aromatic carbocycles. The first kappa shape index (κ1) is 12.1. The summed E-state index contributed by atoms with van der Waals surface area (Å²) in [7, 11) is 0. The van der Waals surface area contributed by atoms with Crippen molar-refractivity contribution >= 4 is 39.0 Å². The Labute approximate surface area is 111 Å². The summed E-state index contributed by atoms with van der Waals surface area (Å²) in [5.41, 5.74) is 5.96. The van der Waals surface area contributed by atoms with Crippen LogP contribution in [0.5, 0.6) is 0 Å². The average molecular weight is 312 g/mol. The third-order valence-corrected chi connectivity index (χ3v) is 3.72. The molecule has 0 atom stereocenters. The lowest BCUT2D eigenvalue weighted by atomic mass is 10.2. The number of nitrogens with two attached hydrogens (primary N) is 1. The van der Waals surface area contributed by atoms with Crippen LogP contribution in [0.3, 0.4) is 0 Å². The predicted octanol–water partition coefficient (Wildman–Crippen LogP) is 2.42. The third kappa shape index (κ3) is 3.28. The molecule has 0 aliphatic carbocycles. The van der Waals surface area contributed by atoms with Crippen molar-refractivity contribution in [3.8, 4) is 0 Å². The molecule has 0 saturated carbocycles. The molecule has 0 spiro atoms. The number of anilines is 1. The first-order chi connectivity index (χ1) is 8.15. The van der Waals surface area contributed by atoms with Crippen molar-refractivity contribution in [2.24, 2.45) is 0 Å². The molecule has 0 aliphatic rings. The molecule has 6 heteroatoms. The summed E-state index contributed by atoms with van der Waals surface area (Å²) in [4.78, 5) is 16.7. The number of halogens is 1. The summed E-state index contributed by atoms with van der Waals surface area (Å²) >= 11 is 4.97. The third-order valence-electron chi connectivity index (χ3n) is 2.10. The van der Waals surface area contributed by atoms with Crippen LogP contribution >= 0.6 is 27.3 Å². The first-order valence-electron chi connectivity index (χ1n) is 4.89. The molecular weight excluding hydrogens is 302 g/mol. The van der Waals surface area contributed by atoms with Gasteiger partial charge in [-0.3, -0.25) is 4.79 Å². The molecule has 3 N–H and O–H groups in total. The summed E-state index contributed by atoms with van der Waals surface area (Å²) < 4.78 is 1.05. The number of carbonyl (C=O) groups excluding carboxylic acids is 1. The minimum atomic E-state index is -0.151. The van der Waals surface area contributed by atoms with Gasteiger partial charge >= 0.3 is 0 Å². The zero-order valence-corrected chi connectivity index (χ0v) is 11.2. The van der Waals surface area contributed by atoms with E-state index in [0.717, 1.165) is 8.66 Å². The molecule has 17 heavy (non-hydrogen) atoms. The highest BCUT2D eigenvalue weighted by Crippen LogP contribution is 2.21. The van der Waals surface area contributed by atoms with E-state index in [1.54, 1.807) is 23.5 Å². The number of nitrogens with zero attached hydrogens (tertiary/aromatic N) is 1. The van der Waals surface area contributed by atoms with Crippen LogP contribution in [-0.2, 0) is 6.54 Å². The van der Waals surface area contributed by atoms with E-state index in [9.17, 15) is 4.79 Å². The number of hydrogen-bond acceptors (Lipinski definition) is 4. The van der Waals surface area contributed by atoms with Gasteiger partial charge in [0.1, 0.15) is 5.82 Å². The fraction of sp³-hybridized carbons (Fsp3) is 0.0909. The van der Waals surface area contributed by atoms with Crippen molar-refractivity contribution in [2.45, 2.75) is 6.54 Å². The van der Waals surface area contributed by atoms with Crippen molar-refractivity contribution in [3.05, 3.63) is 44.7 Å². The Morgan fingerprint density at radius 1 is 1.41 bits per heavy atom. The maximum absolute atomic E-state index is 11.7. The van der Waals surface area contributed by atoms with Crippen LogP contribution in [0.2, 0.25) is 0 Å². The highest BCUT2D eigenvalue weighted by Gasteiger charge is 2.06. The highest BCUT2D eigenvalue weighted by atomic mass is 79.9. The number of nitrogen functional groups attached to an aromatic ring is 1. The van der Waals surface area contributed by atoms with Gasteiger partial charge in [-0.15, -0.1) is 11.3 Å². The fourth-order valence-electron chi connectivity index (χ4n) is 1.26. The predicted molar refractivity (Wildman–Crippen MR) is 71.8 cm³/mol. The highest BCUT2D eigenvalue weighted by molar-refractivity contribution is 9.11. The number of thiophene rings is 1. The van der Waals surface area contributed by atoms with Crippen molar-refractivity contribution < 1.29 is 4.79 Å². The molecule has 88 valence electrons. The van der Waals surface area contributed by atoms with E-state index in [2.05, 4.69) is 26.2 Å². The van der Waals surface area contributed by atoms with Gasteiger partial charge in [0.2, 0.25) is 0 Å². The standard InChI is InChI=1S/C11H10BrN3OS/c12-9-3-2-8(17-9)6-15-11(16)7-1-4-10(13)14-5-7/h1-5H,6H2,(H2,13,14)(H,15,16). The molecule has 0 unspecified atom stereocenters. The van der Waals surface area contributed by atoms with Crippen molar-refractivity contribution in [1.29, 1.82) is 0 Å². The van der Waals surface area contributed by atoms with Crippen LogP contribution in [0, 0.1) is 0 Å². The van der Waals surface area contributed by atoms with Gasteiger partial charge < -0.3 is 11.1 Å². The lowest BCUT2D eigenvalue weighted by Crippen LogP contribution is -2.22. The summed E-state index contributed by atoms with van der Waals surface area (Å²) in [5.74, 6) is 0.255. The second kappa shape index (κ2) is 5.29. The fourth-order valence-corrected chi connectivity index (χ4v) is 2.68. The van der Waals surface area contributed by atoms with Crippen LogP contribution in [0.25, 0.3) is 0 Å². The van der Waals surface area contributed by atoms with Gasteiger partial charge in [-0.1, -0.05) is 0 Å². The second-order valence-electron chi connectivity index (χ2n) is 3.36. The molecule has 2 aromatic rings. The zero-order valence-electron chi connectivity index (χ0n) is 8.81. The van der Waals surface area contributed by atoms with E-state index in [-0.39, 0.29) is 5.91 Å². The van der Waals surface area contributed by atoms with Crippen LogP contribution in [0.1, 0.15) is 15.2 Å². The topological polar surface area (TPSA) is 68.0 Å². The molecule has 0 fully saturated rings. The van der Waals surface area contributed by atoms with E-state index in [4.69, 9.17) is 5.73 Å². The van der Waals surface area contributed by atoms with Crippen molar-refractivity contribution in [3.63, 3.8) is 0 Å². The molecule has 0 radical (unpaired) electrons. The summed E-state index contributed by atoms with van der Waals surface area (Å²) in [6, 6.07) is 7.19. The SMILES string of the molecule is Nc1ccc(C(=O)NCc2ccc(Br)s2)cn1. The second-order valence-corrected chi connectivity index (χ2v) is 5.91. The van der Waals surface area contributed by atoms with Gasteiger partial charge in [0.15, 0.2) is 0 Å². The lowest BCUT2D eigenvalue weighted by Gasteiger charge is -2.03. The maximum Gasteiger partial charge on any atom is 0.253 e. The number of rotatable bonds is 3. The van der Waals surface area contributed by atoms with E-state index in [1.165, 1.54) is 6.20 Å². The Kier molecular flexibility index (Phi) is 3.75. The number of carbonyl (C=O) groups is 1. The largest absolute Gasteiger partial charge is 0.384 e. The molecule has 0 saturated heterocycles. The molecule has 2 aromatic heterocycles. The Bertz CT molecular complexity index is 524. The Hall–Kier alpha value is -1.40. The molecule has 2 rings (SSSR count). The van der Waals surface area contributed by atoms with Gasteiger partial charge in [0.05, 0.1) is 15.9 Å². The van der Waals surface area contributed by atoms with Crippen LogP contribution in [-0.4, -0.2) is 10.9 Å². The van der Waals surface area contributed by atoms with Gasteiger partial charge in [-0.25, -0.2) is 4.98 Å². The normalized spacial score (nSPS) is 10.2.